The van der Waals surface area contributed by atoms with Gasteiger partial charge in [0, 0.05) is 0 Å². The van der Waals surface area contributed by atoms with Gasteiger partial charge in [-0.15, -0.1) is 0 Å². The molecule has 1 aromatic carbocycles. The van der Waals surface area contributed by atoms with E-state index in [-0.39, 0.29) is 0 Å². The Morgan fingerprint density at radius 3 is 2.88 bits per heavy atom. The van der Waals surface area contributed by atoms with Crippen molar-refractivity contribution < 1.29 is 8.42 Å². The van der Waals surface area contributed by atoms with Gasteiger partial charge < -0.3 is 4.90 Å². The molecule has 88 valence electrons. The Morgan fingerprint density at radius 1 is 1.44 bits per heavy atom. The number of hydrogen-bond donors (Lipinski definition) is 1. The molecule has 0 saturated carbocycles. The van der Waals surface area contributed by atoms with Crippen LogP contribution in [0, 0.1) is 7.05 Å². The molecular formula is C11H15N2O2S-. The van der Waals surface area contributed by atoms with Gasteiger partial charge in [-0.25, -0.2) is 8.42 Å². The Kier molecular flexibility index (Phi) is 2.90. The molecule has 4 nitrogen and oxygen atoms in total. The number of fused-ring (bicyclic) bond motifs is 1. The highest BCUT2D eigenvalue weighted by molar-refractivity contribution is 7.92. The Bertz CT molecular complexity index is 497. The first-order valence-corrected chi connectivity index (χ1v) is 6.99. The minimum atomic E-state index is -3.22. The van der Waals surface area contributed by atoms with Crippen LogP contribution in [0.15, 0.2) is 18.2 Å². The van der Waals surface area contributed by atoms with Crippen molar-refractivity contribution in [2.45, 2.75) is 13.0 Å². The van der Waals surface area contributed by atoms with E-state index in [9.17, 15) is 8.42 Å². The monoisotopic (exact) mass is 239 g/mol. The molecule has 0 amide bonds. The molecule has 2 rings (SSSR count). The van der Waals surface area contributed by atoms with E-state index in [4.69, 9.17) is 0 Å². The SMILES string of the molecule is [CH2-]N1CCc2cccc(NS(C)(=O)=O)c2C1. The minimum Gasteiger partial charge on any atom is -0.455 e. The average molecular weight is 239 g/mol. The fourth-order valence-corrected chi connectivity index (χ4v) is 2.52. The van der Waals surface area contributed by atoms with E-state index in [0.717, 1.165) is 24.8 Å². The van der Waals surface area contributed by atoms with Gasteiger partial charge >= 0.3 is 0 Å². The Labute approximate surface area is 96.3 Å². The van der Waals surface area contributed by atoms with Gasteiger partial charge in [0.05, 0.1) is 11.9 Å². The van der Waals surface area contributed by atoms with E-state index in [1.165, 1.54) is 5.56 Å². The average Bonchev–Trinajstić information content (AvgIpc) is 2.17. The van der Waals surface area contributed by atoms with E-state index < -0.39 is 10.0 Å². The maximum Gasteiger partial charge on any atom is 0.229 e. The number of rotatable bonds is 2. The number of nitrogens with zero attached hydrogens (tertiary/aromatic N) is 1. The second-order valence-corrected chi connectivity index (χ2v) is 5.87. The highest BCUT2D eigenvalue weighted by Gasteiger charge is 2.15. The van der Waals surface area contributed by atoms with Crippen LogP contribution >= 0.6 is 0 Å². The van der Waals surface area contributed by atoms with Gasteiger partial charge in [0.15, 0.2) is 0 Å². The second kappa shape index (κ2) is 4.07. The summed E-state index contributed by atoms with van der Waals surface area (Å²) in [6, 6.07) is 5.71. The van der Waals surface area contributed by atoms with Crippen LogP contribution < -0.4 is 4.72 Å². The second-order valence-electron chi connectivity index (χ2n) is 4.12. The van der Waals surface area contributed by atoms with Gasteiger partial charge in [-0.1, -0.05) is 12.1 Å². The fourth-order valence-electron chi connectivity index (χ4n) is 1.93. The third-order valence-electron chi connectivity index (χ3n) is 2.65. The summed E-state index contributed by atoms with van der Waals surface area (Å²) >= 11 is 0. The Balaban J connectivity index is 2.39. The van der Waals surface area contributed by atoms with E-state index in [1.54, 1.807) is 6.07 Å². The predicted molar refractivity (Wildman–Crippen MR) is 64.4 cm³/mol. The van der Waals surface area contributed by atoms with Crippen molar-refractivity contribution in [2.75, 3.05) is 17.5 Å². The van der Waals surface area contributed by atoms with Crippen LogP contribution in [0.25, 0.3) is 0 Å². The fraction of sp³-hybridized carbons (Fsp3) is 0.364. The summed E-state index contributed by atoms with van der Waals surface area (Å²) in [6.07, 6.45) is 2.08. The van der Waals surface area contributed by atoms with Crippen LogP contribution in [0.1, 0.15) is 11.1 Å². The molecule has 0 unspecified atom stereocenters. The van der Waals surface area contributed by atoms with Gasteiger partial charge in [0.1, 0.15) is 0 Å². The summed E-state index contributed by atoms with van der Waals surface area (Å²) in [4.78, 5) is 1.94. The number of anilines is 1. The zero-order chi connectivity index (χ0) is 11.8. The molecule has 1 N–H and O–H groups in total. The van der Waals surface area contributed by atoms with Crippen molar-refractivity contribution in [1.82, 2.24) is 4.90 Å². The number of benzene rings is 1. The third-order valence-corrected chi connectivity index (χ3v) is 3.24. The first kappa shape index (κ1) is 11.4. The van der Waals surface area contributed by atoms with Gasteiger partial charge in [0.25, 0.3) is 0 Å². The molecule has 0 fully saturated rings. The molecule has 5 heteroatoms. The third kappa shape index (κ3) is 2.54. The topological polar surface area (TPSA) is 49.4 Å². The number of sulfonamides is 1. The minimum absolute atomic E-state index is 0.674. The quantitative estimate of drug-likeness (QED) is 0.789. The molecule has 0 atom stereocenters. The predicted octanol–water partition coefficient (Wildman–Crippen LogP) is 1.21. The van der Waals surface area contributed by atoms with Crippen LogP contribution in [0.5, 0.6) is 0 Å². The lowest BCUT2D eigenvalue weighted by molar-refractivity contribution is 0.348. The lowest BCUT2D eigenvalue weighted by atomic mass is 9.99. The Morgan fingerprint density at radius 2 is 2.19 bits per heavy atom. The van der Waals surface area contributed by atoms with Crippen molar-refractivity contribution in [3.05, 3.63) is 36.4 Å². The first-order valence-electron chi connectivity index (χ1n) is 5.10. The highest BCUT2D eigenvalue weighted by Crippen LogP contribution is 2.26. The van der Waals surface area contributed by atoms with Crippen molar-refractivity contribution >= 4 is 15.7 Å². The van der Waals surface area contributed by atoms with Crippen LogP contribution in [0.3, 0.4) is 0 Å². The zero-order valence-electron chi connectivity index (χ0n) is 9.23. The molecule has 0 spiro atoms. The maximum atomic E-state index is 11.2. The molecule has 1 aliphatic heterocycles. The van der Waals surface area contributed by atoms with Crippen molar-refractivity contribution in [3.63, 3.8) is 0 Å². The molecule has 0 radical (unpaired) electrons. The van der Waals surface area contributed by atoms with E-state index >= 15 is 0 Å². The van der Waals surface area contributed by atoms with Gasteiger partial charge in [-0.05, 0) is 36.7 Å². The van der Waals surface area contributed by atoms with Crippen LogP contribution in [0.4, 0.5) is 5.69 Å². The maximum absolute atomic E-state index is 11.2. The van der Waals surface area contributed by atoms with Gasteiger partial charge in [-0.2, -0.15) is 0 Å². The molecule has 1 aliphatic rings. The summed E-state index contributed by atoms with van der Waals surface area (Å²) in [5.74, 6) is 0. The number of nitrogens with one attached hydrogen (secondary N) is 1. The molecule has 1 heterocycles. The van der Waals surface area contributed by atoms with E-state index in [2.05, 4.69) is 11.8 Å². The highest BCUT2D eigenvalue weighted by atomic mass is 32.2. The standard InChI is InChI=1S/C11H15N2O2S/c1-13-7-6-9-4-3-5-11(10(9)8-13)12-16(2,14)15/h3-5,12H,1,6-8H2,2H3/q-1. The summed E-state index contributed by atoms with van der Waals surface area (Å²) in [5, 5.41) is 0. The smallest absolute Gasteiger partial charge is 0.229 e. The van der Waals surface area contributed by atoms with E-state index in [1.807, 2.05) is 17.0 Å². The van der Waals surface area contributed by atoms with E-state index in [0.29, 0.717) is 12.2 Å². The summed E-state index contributed by atoms with van der Waals surface area (Å²) in [7, 11) is 0.673. The van der Waals surface area contributed by atoms with Gasteiger partial charge in [0.2, 0.25) is 10.0 Å². The molecule has 0 saturated heterocycles. The zero-order valence-corrected chi connectivity index (χ0v) is 10.0. The normalized spacial score (nSPS) is 16.9. The molecule has 0 bridgehead atoms. The lowest BCUT2D eigenvalue weighted by Gasteiger charge is -2.32. The van der Waals surface area contributed by atoms with Crippen LogP contribution in [-0.4, -0.2) is 26.1 Å². The molecule has 1 aromatic rings. The van der Waals surface area contributed by atoms with Crippen molar-refractivity contribution in [3.8, 4) is 0 Å². The summed E-state index contributed by atoms with van der Waals surface area (Å²) in [5.41, 5.74) is 2.91. The first-order chi connectivity index (χ1) is 7.46. The van der Waals surface area contributed by atoms with Gasteiger partial charge in [-0.3, -0.25) is 11.8 Å². The van der Waals surface area contributed by atoms with Crippen molar-refractivity contribution in [1.29, 1.82) is 0 Å². The molecule has 0 aromatic heterocycles. The molecule has 0 aliphatic carbocycles. The van der Waals surface area contributed by atoms with Crippen LogP contribution in [0.2, 0.25) is 0 Å². The number of hydrogen-bond acceptors (Lipinski definition) is 3. The molecule has 16 heavy (non-hydrogen) atoms. The molecular weight excluding hydrogens is 224 g/mol. The van der Waals surface area contributed by atoms with Crippen LogP contribution in [-0.2, 0) is 23.0 Å². The van der Waals surface area contributed by atoms with Crippen molar-refractivity contribution in [2.24, 2.45) is 0 Å². The lowest BCUT2D eigenvalue weighted by Crippen LogP contribution is -2.26. The largest absolute Gasteiger partial charge is 0.455 e. The summed E-state index contributed by atoms with van der Waals surface area (Å²) in [6.45, 7) is 1.60. The summed E-state index contributed by atoms with van der Waals surface area (Å²) < 4.78 is 25.0. The Hall–Kier alpha value is -1.07.